The number of aliphatic hydroxyl groups excluding tert-OH is 2. The van der Waals surface area contributed by atoms with E-state index in [0.29, 0.717) is 22.8 Å². The standard InChI is InChI=1S/C18H27ClN5O8P/c1-18(8-30-2,33(27,28)29)31-7-11-12(25)13(26)16(32-11)24-15-10(6-21-24)14(22-17(19)23-15)20-5-9-3-4-9/h6,9,11-13,16,25-26H,3-5,7-8H2,1-2H3,(H,20,22,23)(H2,27,28,29)/t11-,12-,13-,16-,18-/m1/s1. The van der Waals surface area contributed by atoms with Crippen molar-refractivity contribution in [1.82, 2.24) is 19.7 Å². The second-order valence-electron chi connectivity index (χ2n) is 8.50. The highest BCUT2D eigenvalue weighted by atomic mass is 35.5. The predicted octanol–water partition coefficient (Wildman–Crippen LogP) is 0.478. The SMILES string of the molecule is COC[C@](C)(OC[C@H]1O[C@@H](n2ncc3c(NCC4CC4)nc(Cl)nc32)[C@H](O)[C@@H]1O)P(=O)(O)O. The summed E-state index contributed by atoms with van der Waals surface area (Å²) in [6.45, 7) is 1.14. The van der Waals surface area contributed by atoms with Crippen molar-refractivity contribution in [1.29, 1.82) is 0 Å². The van der Waals surface area contributed by atoms with Crippen LogP contribution in [0.4, 0.5) is 5.82 Å². The van der Waals surface area contributed by atoms with Gasteiger partial charge in [0, 0.05) is 13.7 Å². The molecule has 1 saturated carbocycles. The molecule has 5 atom stereocenters. The summed E-state index contributed by atoms with van der Waals surface area (Å²) in [7, 11) is -3.44. The van der Waals surface area contributed by atoms with E-state index in [4.69, 9.17) is 25.8 Å². The van der Waals surface area contributed by atoms with Gasteiger partial charge in [-0.1, -0.05) is 0 Å². The van der Waals surface area contributed by atoms with Crippen molar-refractivity contribution in [2.24, 2.45) is 5.92 Å². The Hall–Kier alpha value is -1.41. The molecule has 1 aliphatic carbocycles. The fraction of sp³-hybridized carbons (Fsp3) is 0.722. The molecule has 0 bridgehead atoms. The van der Waals surface area contributed by atoms with Gasteiger partial charge in [0.1, 0.15) is 24.1 Å². The van der Waals surface area contributed by atoms with Crippen LogP contribution >= 0.6 is 19.2 Å². The van der Waals surface area contributed by atoms with Crippen LogP contribution in [-0.4, -0.2) is 90.3 Å². The van der Waals surface area contributed by atoms with Crippen LogP contribution in [0.1, 0.15) is 26.0 Å². The molecule has 0 unspecified atom stereocenters. The molecule has 2 fully saturated rings. The van der Waals surface area contributed by atoms with Crippen LogP contribution in [0.5, 0.6) is 0 Å². The molecular formula is C18H27ClN5O8P. The summed E-state index contributed by atoms with van der Waals surface area (Å²) in [5.74, 6) is 1.10. The first-order chi connectivity index (χ1) is 15.5. The zero-order valence-corrected chi connectivity index (χ0v) is 19.7. The van der Waals surface area contributed by atoms with Gasteiger partial charge in [0.15, 0.2) is 17.2 Å². The van der Waals surface area contributed by atoms with Crippen LogP contribution in [0, 0.1) is 5.92 Å². The number of methoxy groups -OCH3 is 1. The van der Waals surface area contributed by atoms with Crippen molar-refractivity contribution in [3.05, 3.63) is 11.5 Å². The normalized spacial score (nSPS) is 27.7. The topological polar surface area (TPSA) is 181 Å². The van der Waals surface area contributed by atoms with Crippen LogP contribution in [0.25, 0.3) is 11.0 Å². The minimum absolute atomic E-state index is 0.0209. The number of nitrogens with zero attached hydrogens (tertiary/aromatic N) is 4. The lowest BCUT2D eigenvalue weighted by Gasteiger charge is -2.31. The van der Waals surface area contributed by atoms with Crippen molar-refractivity contribution in [2.75, 3.05) is 32.2 Å². The average molecular weight is 508 g/mol. The quantitative estimate of drug-likeness (QED) is 0.222. The van der Waals surface area contributed by atoms with Crippen molar-refractivity contribution in [2.45, 2.75) is 49.6 Å². The highest BCUT2D eigenvalue weighted by Crippen LogP contribution is 2.51. The molecule has 0 aromatic carbocycles. The monoisotopic (exact) mass is 507 g/mol. The van der Waals surface area contributed by atoms with Gasteiger partial charge in [0.25, 0.3) is 0 Å². The Labute approximate surface area is 194 Å². The summed E-state index contributed by atoms with van der Waals surface area (Å²) in [5, 5.41) is 27.2. The number of aliphatic hydroxyl groups is 2. The molecular weight excluding hydrogens is 481 g/mol. The molecule has 0 amide bonds. The number of fused-ring (bicyclic) bond motifs is 1. The third kappa shape index (κ3) is 5.02. The van der Waals surface area contributed by atoms with Gasteiger partial charge in [-0.15, -0.1) is 0 Å². The summed E-state index contributed by atoms with van der Waals surface area (Å²) >= 11 is 6.09. The van der Waals surface area contributed by atoms with E-state index in [1.54, 1.807) is 0 Å². The number of hydrogen-bond acceptors (Lipinski definition) is 10. The van der Waals surface area contributed by atoms with Crippen molar-refractivity contribution < 1.29 is 38.8 Å². The van der Waals surface area contributed by atoms with Gasteiger partial charge >= 0.3 is 7.60 Å². The number of ether oxygens (including phenoxy) is 3. The molecule has 0 spiro atoms. The smallest absolute Gasteiger partial charge is 0.359 e. The second kappa shape index (κ2) is 9.33. The first kappa shape index (κ1) is 24.7. The first-order valence-electron chi connectivity index (χ1n) is 10.4. The van der Waals surface area contributed by atoms with Crippen LogP contribution in [0.3, 0.4) is 0 Å². The lowest BCUT2D eigenvalue weighted by molar-refractivity contribution is -0.107. The highest BCUT2D eigenvalue weighted by Gasteiger charge is 2.49. The summed E-state index contributed by atoms with van der Waals surface area (Å²) in [6, 6.07) is 0. The highest BCUT2D eigenvalue weighted by molar-refractivity contribution is 7.53. The zero-order chi connectivity index (χ0) is 24.0. The Balaban J connectivity index is 1.53. The fourth-order valence-corrected chi connectivity index (χ4v) is 4.30. The summed E-state index contributed by atoms with van der Waals surface area (Å²) in [5.41, 5.74) is 0.297. The van der Waals surface area contributed by atoms with E-state index in [1.807, 2.05) is 0 Å². The van der Waals surface area contributed by atoms with Crippen LogP contribution in [0.2, 0.25) is 5.28 Å². The molecule has 2 aromatic rings. The number of halogens is 1. The minimum Gasteiger partial charge on any atom is -0.387 e. The zero-order valence-electron chi connectivity index (χ0n) is 18.0. The van der Waals surface area contributed by atoms with Gasteiger partial charge in [0.05, 0.1) is 24.8 Å². The average Bonchev–Trinajstić information content (AvgIpc) is 3.42. The summed E-state index contributed by atoms with van der Waals surface area (Å²) in [4.78, 5) is 27.7. The van der Waals surface area contributed by atoms with E-state index >= 15 is 0 Å². The Morgan fingerprint density at radius 3 is 2.70 bits per heavy atom. The molecule has 33 heavy (non-hydrogen) atoms. The lowest BCUT2D eigenvalue weighted by Crippen LogP contribution is -2.40. The largest absolute Gasteiger partial charge is 0.387 e. The number of rotatable bonds is 10. The van der Waals surface area contributed by atoms with Crippen molar-refractivity contribution in [3.8, 4) is 0 Å². The van der Waals surface area contributed by atoms with Gasteiger partial charge in [-0.05, 0) is 37.3 Å². The number of nitrogens with one attached hydrogen (secondary N) is 1. The Morgan fingerprint density at radius 2 is 2.06 bits per heavy atom. The Kier molecular flexibility index (Phi) is 6.98. The van der Waals surface area contributed by atoms with E-state index in [9.17, 15) is 24.6 Å². The molecule has 5 N–H and O–H groups in total. The van der Waals surface area contributed by atoms with Crippen LogP contribution in [0.15, 0.2) is 6.20 Å². The molecule has 2 aliphatic rings. The third-order valence-electron chi connectivity index (χ3n) is 5.85. The molecule has 184 valence electrons. The molecule has 0 radical (unpaired) electrons. The second-order valence-corrected chi connectivity index (χ2v) is 10.9. The third-order valence-corrected chi connectivity index (χ3v) is 7.51. The number of hydrogen-bond donors (Lipinski definition) is 5. The predicted molar refractivity (Wildman–Crippen MR) is 116 cm³/mol. The van der Waals surface area contributed by atoms with Gasteiger partial charge in [0.2, 0.25) is 5.28 Å². The number of aromatic nitrogens is 4. The van der Waals surface area contributed by atoms with Crippen LogP contribution < -0.4 is 5.32 Å². The molecule has 3 heterocycles. The van der Waals surface area contributed by atoms with E-state index < -0.39 is 44.1 Å². The molecule has 1 saturated heterocycles. The maximum Gasteiger partial charge on any atom is 0.359 e. The minimum atomic E-state index is -4.72. The lowest BCUT2D eigenvalue weighted by atomic mass is 10.1. The van der Waals surface area contributed by atoms with Crippen molar-refractivity contribution >= 4 is 36.0 Å². The molecule has 1 aliphatic heterocycles. The number of anilines is 1. The fourth-order valence-electron chi connectivity index (χ4n) is 3.59. The van der Waals surface area contributed by atoms with E-state index in [0.717, 1.165) is 19.4 Å². The maximum atomic E-state index is 11.8. The summed E-state index contributed by atoms with van der Waals surface area (Å²) < 4.78 is 29.2. The van der Waals surface area contributed by atoms with Gasteiger partial charge in [-0.25, -0.2) is 4.68 Å². The first-order valence-corrected chi connectivity index (χ1v) is 12.4. The molecule has 4 rings (SSSR count). The Bertz CT molecular complexity index is 1050. The van der Waals surface area contributed by atoms with Crippen molar-refractivity contribution in [3.63, 3.8) is 0 Å². The molecule has 15 heteroatoms. The van der Waals surface area contributed by atoms with E-state index in [-0.39, 0.29) is 11.9 Å². The van der Waals surface area contributed by atoms with Gasteiger partial charge in [-0.3, -0.25) is 4.57 Å². The van der Waals surface area contributed by atoms with Gasteiger partial charge in [-0.2, -0.15) is 15.1 Å². The molecule has 2 aromatic heterocycles. The van der Waals surface area contributed by atoms with Gasteiger partial charge < -0.3 is 39.5 Å². The molecule has 13 nitrogen and oxygen atoms in total. The maximum absolute atomic E-state index is 11.8. The van der Waals surface area contributed by atoms with E-state index in [1.165, 1.54) is 24.9 Å². The summed E-state index contributed by atoms with van der Waals surface area (Å²) in [6.07, 6.45) is -1.25. The van der Waals surface area contributed by atoms with E-state index in [2.05, 4.69) is 20.4 Å². The Morgan fingerprint density at radius 1 is 1.33 bits per heavy atom. The van der Waals surface area contributed by atoms with Crippen LogP contribution in [-0.2, 0) is 18.8 Å².